The lowest BCUT2D eigenvalue weighted by Crippen LogP contribution is -2.41. The van der Waals surface area contributed by atoms with Crippen molar-refractivity contribution in [2.24, 2.45) is 0 Å². The van der Waals surface area contributed by atoms with Crippen LogP contribution in [-0.4, -0.2) is 35.5 Å². The third-order valence-corrected chi connectivity index (χ3v) is 3.73. The minimum Gasteiger partial charge on any atom is -0.480 e. The predicted octanol–water partition coefficient (Wildman–Crippen LogP) is 1.63. The number of hydrogen-bond donors (Lipinski definition) is 3. The van der Waals surface area contributed by atoms with E-state index in [0.29, 0.717) is 11.3 Å². The van der Waals surface area contributed by atoms with E-state index in [0.717, 1.165) is 12.8 Å². The van der Waals surface area contributed by atoms with Gasteiger partial charge in [0, 0.05) is 13.0 Å². The monoisotopic (exact) mass is 312 g/mol. The molecule has 0 aliphatic rings. The predicted molar refractivity (Wildman–Crippen MR) is 80.4 cm³/mol. The maximum absolute atomic E-state index is 11.7. The van der Waals surface area contributed by atoms with E-state index in [9.17, 15) is 14.4 Å². The highest BCUT2D eigenvalue weighted by molar-refractivity contribution is 7.12. The standard InChI is InChI=1S/C14H20N2O4S/c1-2-3-5-10(14(19)20)16-12(17)7-8-15-13(18)11-6-4-9-21-11/h4,6,9-10H,2-3,5,7-8H2,1H3,(H,15,18)(H,16,17)(H,19,20). The second kappa shape index (κ2) is 9.12. The largest absolute Gasteiger partial charge is 0.480 e. The molecule has 0 saturated carbocycles. The number of carboxylic acid groups (broad SMARTS) is 1. The van der Waals surface area contributed by atoms with E-state index >= 15 is 0 Å². The van der Waals surface area contributed by atoms with Gasteiger partial charge in [0.25, 0.3) is 5.91 Å². The lowest BCUT2D eigenvalue weighted by atomic mass is 10.1. The van der Waals surface area contributed by atoms with Crippen LogP contribution >= 0.6 is 11.3 Å². The lowest BCUT2D eigenvalue weighted by Gasteiger charge is -2.14. The molecule has 0 saturated heterocycles. The molecule has 2 amide bonds. The summed E-state index contributed by atoms with van der Waals surface area (Å²) in [4.78, 5) is 34.9. The fourth-order valence-electron chi connectivity index (χ4n) is 1.72. The van der Waals surface area contributed by atoms with Crippen LogP contribution < -0.4 is 10.6 Å². The first-order chi connectivity index (χ1) is 10.0. The van der Waals surface area contributed by atoms with Crippen LogP contribution in [0, 0.1) is 0 Å². The molecule has 116 valence electrons. The van der Waals surface area contributed by atoms with Gasteiger partial charge in [-0.05, 0) is 17.9 Å². The number of amides is 2. The van der Waals surface area contributed by atoms with Gasteiger partial charge in [0.15, 0.2) is 0 Å². The molecule has 0 aliphatic heterocycles. The molecule has 7 heteroatoms. The van der Waals surface area contributed by atoms with E-state index in [2.05, 4.69) is 10.6 Å². The van der Waals surface area contributed by atoms with Crippen molar-refractivity contribution in [3.05, 3.63) is 22.4 Å². The maximum atomic E-state index is 11.7. The Labute approximate surface area is 127 Å². The second-order valence-electron chi connectivity index (χ2n) is 4.58. The first kappa shape index (κ1) is 17.2. The molecular weight excluding hydrogens is 292 g/mol. The summed E-state index contributed by atoms with van der Waals surface area (Å²) >= 11 is 1.32. The molecule has 3 N–H and O–H groups in total. The molecule has 0 aliphatic carbocycles. The number of carbonyl (C=O) groups is 3. The quantitative estimate of drug-likeness (QED) is 0.646. The third-order valence-electron chi connectivity index (χ3n) is 2.86. The molecule has 1 aromatic rings. The Morgan fingerprint density at radius 3 is 2.71 bits per heavy atom. The highest BCUT2D eigenvalue weighted by Crippen LogP contribution is 2.07. The van der Waals surface area contributed by atoms with Crippen LogP contribution in [0.3, 0.4) is 0 Å². The summed E-state index contributed by atoms with van der Waals surface area (Å²) < 4.78 is 0. The fraction of sp³-hybridized carbons (Fsp3) is 0.500. The molecule has 0 radical (unpaired) electrons. The number of carboxylic acids is 1. The molecular formula is C14H20N2O4S. The van der Waals surface area contributed by atoms with Crippen molar-refractivity contribution in [3.63, 3.8) is 0 Å². The van der Waals surface area contributed by atoms with E-state index in [-0.39, 0.29) is 24.8 Å². The first-order valence-electron chi connectivity index (χ1n) is 6.88. The number of carbonyl (C=O) groups excluding carboxylic acids is 2. The van der Waals surface area contributed by atoms with E-state index in [4.69, 9.17) is 5.11 Å². The van der Waals surface area contributed by atoms with Gasteiger partial charge in [-0.25, -0.2) is 4.79 Å². The van der Waals surface area contributed by atoms with Crippen LogP contribution in [0.5, 0.6) is 0 Å². The molecule has 1 heterocycles. The van der Waals surface area contributed by atoms with Crippen LogP contribution in [0.25, 0.3) is 0 Å². The number of unbranched alkanes of at least 4 members (excludes halogenated alkanes) is 1. The van der Waals surface area contributed by atoms with Gasteiger partial charge in [-0.3, -0.25) is 9.59 Å². The molecule has 0 aromatic carbocycles. The summed E-state index contributed by atoms with van der Waals surface area (Å²) in [5.41, 5.74) is 0. The van der Waals surface area contributed by atoms with Crippen molar-refractivity contribution in [2.45, 2.75) is 38.6 Å². The SMILES string of the molecule is CCCCC(NC(=O)CCNC(=O)c1cccs1)C(=O)O. The average molecular weight is 312 g/mol. The maximum Gasteiger partial charge on any atom is 0.326 e. The third kappa shape index (κ3) is 6.40. The highest BCUT2D eigenvalue weighted by Gasteiger charge is 2.19. The smallest absolute Gasteiger partial charge is 0.326 e. The van der Waals surface area contributed by atoms with Crippen LogP contribution in [0.4, 0.5) is 0 Å². The first-order valence-corrected chi connectivity index (χ1v) is 7.76. The number of nitrogens with one attached hydrogen (secondary N) is 2. The molecule has 6 nitrogen and oxygen atoms in total. The Morgan fingerprint density at radius 2 is 2.14 bits per heavy atom. The molecule has 1 unspecified atom stereocenters. The molecule has 21 heavy (non-hydrogen) atoms. The topological polar surface area (TPSA) is 95.5 Å². The van der Waals surface area contributed by atoms with Crippen LogP contribution in [-0.2, 0) is 9.59 Å². The minimum absolute atomic E-state index is 0.0625. The van der Waals surface area contributed by atoms with E-state index in [1.165, 1.54) is 11.3 Å². The van der Waals surface area contributed by atoms with Gasteiger partial charge in [0.1, 0.15) is 6.04 Å². The van der Waals surface area contributed by atoms with Gasteiger partial charge in [-0.15, -0.1) is 11.3 Å². The van der Waals surface area contributed by atoms with Crippen molar-refractivity contribution in [2.75, 3.05) is 6.54 Å². The molecule has 0 bridgehead atoms. The fourth-order valence-corrected chi connectivity index (χ4v) is 2.36. The second-order valence-corrected chi connectivity index (χ2v) is 5.53. The Kier molecular flexibility index (Phi) is 7.45. The van der Waals surface area contributed by atoms with Gasteiger partial charge >= 0.3 is 5.97 Å². The van der Waals surface area contributed by atoms with Gasteiger partial charge in [0.05, 0.1) is 4.88 Å². The normalized spacial score (nSPS) is 11.7. The van der Waals surface area contributed by atoms with Crippen LogP contribution in [0.1, 0.15) is 42.3 Å². The minimum atomic E-state index is -1.03. The molecule has 1 rings (SSSR count). The zero-order chi connectivity index (χ0) is 15.7. The summed E-state index contributed by atoms with van der Waals surface area (Å²) in [5.74, 6) is -1.62. The van der Waals surface area contributed by atoms with Gasteiger partial charge < -0.3 is 15.7 Å². The summed E-state index contributed by atoms with van der Waals surface area (Å²) in [6, 6.07) is 2.62. The highest BCUT2D eigenvalue weighted by atomic mass is 32.1. The van der Waals surface area contributed by atoms with Gasteiger partial charge in [-0.1, -0.05) is 25.8 Å². The van der Waals surface area contributed by atoms with Crippen molar-refractivity contribution < 1.29 is 19.5 Å². The van der Waals surface area contributed by atoms with E-state index in [1.807, 2.05) is 6.92 Å². The molecule has 1 atom stereocenters. The Balaban J connectivity index is 2.29. The van der Waals surface area contributed by atoms with Crippen LogP contribution in [0.2, 0.25) is 0 Å². The number of aliphatic carboxylic acids is 1. The van der Waals surface area contributed by atoms with E-state index in [1.54, 1.807) is 17.5 Å². The number of thiophene rings is 1. The van der Waals surface area contributed by atoms with Crippen molar-refractivity contribution in [1.82, 2.24) is 10.6 Å². The average Bonchev–Trinajstić information content (AvgIpc) is 2.97. The number of rotatable bonds is 9. The van der Waals surface area contributed by atoms with Crippen LogP contribution in [0.15, 0.2) is 17.5 Å². The zero-order valence-electron chi connectivity index (χ0n) is 11.9. The summed E-state index contributed by atoms with van der Waals surface area (Å²) in [6.07, 6.45) is 2.09. The van der Waals surface area contributed by atoms with Gasteiger partial charge in [0.2, 0.25) is 5.91 Å². The summed E-state index contributed by atoms with van der Waals surface area (Å²) in [5, 5.41) is 15.9. The molecule has 0 fully saturated rings. The van der Waals surface area contributed by atoms with Crippen molar-refractivity contribution >= 4 is 29.1 Å². The van der Waals surface area contributed by atoms with E-state index < -0.39 is 12.0 Å². The lowest BCUT2D eigenvalue weighted by molar-refractivity contribution is -0.142. The molecule has 1 aromatic heterocycles. The Bertz CT molecular complexity index is 473. The summed E-state index contributed by atoms with van der Waals surface area (Å²) in [7, 11) is 0. The summed E-state index contributed by atoms with van der Waals surface area (Å²) in [6.45, 7) is 2.14. The Hall–Kier alpha value is -1.89. The van der Waals surface area contributed by atoms with Gasteiger partial charge in [-0.2, -0.15) is 0 Å². The Morgan fingerprint density at radius 1 is 1.38 bits per heavy atom. The zero-order valence-corrected chi connectivity index (χ0v) is 12.7. The van der Waals surface area contributed by atoms with Crippen molar-refractivity contribution in [3.8, 4) is 0 Å². The van der Waals surface area contributed by atoms with Crippen molar-refractivity contribution in [1.29, 1.82) is 0 Å². The number of hydrogen-bond acceptors (Lipinski definition) is 4. The molecule has 0 spiro atoms.